The van der Waals surface area contributed by atoms with Gasteiger partial charge in [0, 0.05) is 5.69 Å². The van der Waals surface area contributed by atoms with Crippen LogP contribution in [0.2, 0.25) is 0 Å². The van der Waals surface area contributed by atoms with Crippen LogP contribution in [0.1, 0.15) is 18.9 Å². The van der Waals surface area contributed by atoms with E-state index in [1.54, 1.807) is 0 Å². The highest BCUT2D eigenvalue weighted by Crippen LogP contribution is 2.20. The number of hydrogen-bond donors (Lipinski definition) is 0. The van der Waals surface area contributed by atoms with Crippen LogP contribution >= 0.6 is 0 Å². The van der Waals surface area contributed by atoms with Crippen LogP contribution in [-0.2, 0) is 6.42 Å². The summed E-state index contributed by atoms with van der Waals surface area (Å²) >= 11 is 0. The minimum absolute atomic E-state index is 0.788. The van der Waals surface area contributed by atoms with Crippen LogP contribution in [-0.4, -0.2) is 50.8 Å². The van der Waals surface area contributed by atoms with Crippen molar-refractivity contribution in [3.05, 3.63) is 34.7 Å². The first-order chi connectivity index (χ1) is 9.67. The van der Waals surface area contributed by atoms with Crippen molar-refractivity contribution in [1.29, 1.82) is 0 Å². The van der Waals surface area contributed by atoms with Gasteiger partial charge in [0.2, 0.25) is 0 Å². The zero-order valence-electron chi connectivity index (χ0n) is 12.9. The van der Waals surface area contributed by atoms with Gasteiger partial charge in [-0.05, 0) is 24.1 Å². The molecule has 0 saturated carbocycles. The first kappa shape index (κ1) is 14.9. The van der Waals surface area contributed by atoms with Gasteiger partial charge in [-0.25, -0.2) is 0 Å². The lowest BCUT2D eigenvalue weighted by molar-refractivity contribution is -0.910. The van der Waals surface area contributed by atoms with Crippen molar-refractivity contribution in [3.63, 3.8) is 0 Å². The van der Waals surface area contributed by atoms with Gasteiger partial charge in [-0.15, -0.1) is 0 Å². The number of hydrogen-bond acceptors (Lipinski definition) is 1. The molecule has 0 bridgehead atoms. The molecule has 1 aliphatic heterocycles. The molecule has 0 radical (unpaired) electrons. The Morgan fingerprint density at radius 3 is 2.40 bits per heavy atom. The molecule has 1 aliphatic rings. The molecule has 2 rings (SSSR count). The van der Waals surface area contributed by atoms with E-state index in [-0.39, 0.29) is 0 Å². The van der Waals surface area contributed by atoms with E-state index in [4.69, 9.17) is 6.57 Å². The summed E-state index contributed by atoms with van der Waals surface area (Å²) in [6.45, 7) is 14.1. The Bertz CT molecular complexity index is 450. The number of piperazine rings is 1. The van der Waals surface area contributed by atoms with Crippen LogP contribution in [0.4, 0.5) is 5.69 Å². The number of rotatable bonds is 5. The van der Waals surface area contributed by atoms with E-state index in [1.165, 1.54) is 30.9 Å². The molecule has 1 heterocycles. The topological polar surface area (TPSA) is 7.60 Å². The van der Waals surface area contributed by atoms with E-state index in [0.717, 1.165) is 37.0 Å². The van der Waals surface area contributed by atoms with E-state index in [1.807, 2.05) is 0 Å². The lowest BCUT2D eigenvalue weighted by Crippen LogP contribution is -2.57. The Kier molecular flexibility index (Phi) is 5.03. The Balaban J connectivity index is 1.88. The van der Waals surface area contributed by atoms with Gasteiger partial charge in [0.15, 0.2) is 0 Å². The zero-order chi connectivity index (χ0) is 14.4. The molecule has 3 heteroatoms. The van der Waals surface area contributed by atoms with E-state index < -0.39 is 0 Å². The van der Waals surface area contributed by atoms with Gasteiger partial charge in [0.25, 0.3) is 13.1 Å². The SMILES string of the molecule is C#[N+]CCC[N+]1(C)CCN(c2ccc(CC)cc2)CC1. The summed E-state index contributed by atoms with van der Waals surface area (Å²) in [4.78, 5) is 6.22. The molecule has 0 N–H and O–H groups in total. The summed E-state index contributed by atoms with van der Waals surface area (Å²) in [6.07, 6.45) is 2.21. The molecule has 0 unspecified atom stereocenters. The third-order valence-corrected chi connectivity index (χ3v) is 4.51. The van der Waals surface area contributed by atoms with E-state index in [2.05, 4.69) is 48.0 Å². The first-order valence-electron chi connectivity index (χ1n) is 7.71. The summed E-state index contributed by atoms with van der Waals surface area (Å²) < 4.78 is 1.15. The maximum Gasteiger partial charge on any atom is 0.268 e. The molecule has 108 valence electrons. The van der Waals surface area contributed by atoms with Gasteiger partial charge in [-0.3, -0.25) is 0 Å². The highest BCUT2D eigenvalue weighted by Gasteiger charge is 2.28. The van der Waals surface area contributed by atoms with Crippen molar-refractivity contribution in [2.75, 3.05) is 51.2 Å². The van der Waals surface area contributed by atoms with Gasteiger partial charge >= 0.3 is 0 Å². The van der Waals surface area contributed by atoms with E-state index in [0.29, 0.717) is 0 Å². The largest absolute Gasteiger partial charge is 0.360 e. The summed E-state index contributed by atoms with van der Waals surface area (Å²) in [5.41, 5.74) is 2.78. The Morgan fingerprint density at radius 1 is 1.20 bits per heavy atom. The molecule has 0 spiro atoms. The number of benzene rings is 1. The van der Waals surface area contributed by atoms with E-state index in [9.17, 15) is 0 Å². The average molecular weight is 273 g/mol. The van der Waals surface area contributed by atoms with Gasteiger partial charge < -0.3 is 9.38 Å². The van der Waals surface area contributed by atoms with Crippen molar-refractivity contribution < 1.29 is 4.48 Å². The lowest BCUT2D eigenvalue weighted by atomic mass is 10.1. The molecule has 0 aliphatic carbocycles. The first-order valence-corrected chi connectivity index (χ1v) is 7.71. The molecule has 1 aromatic carbocycles. The number of quaternary nitrogens is 1. The summed E-state index contributed by atoms with van der Waals surface area (Å²) in [5, 5.41) is 0. The molecule has 1 aromatic rings. The summed E-state index contributed by atoms with van der Waals surface area (Å²) in [7, 11) is 2.36. The maximum absolute atomic E-state index is 5.22. The number of nitrogens with zero attached hydrogens (tertiary/aromatic N) is 3. The second-order valence-corrected chi connectivity index (χ2v) is 6.06. The van der Waals surface area contributed by atoms with Crippen LogP contribution in [0.3, 0.4) is 0 Å². The maximum atomic E-state index is 5.22. The molecular weight excluding hydrogens is 246 g/mol. The average Bonchev–Trinajstić information content (AvgIpc) is 2.48. The predicted molar refractivity (Wildman–Crippen MR) is 86.6 cm³/mol. The minimum Gasteiger partial charge on any atom is -0.360 e. The summed E-state index contributed by atoms with van der Waals surface area (Å²) in [6, 6.07) is 9.03. The molecule has 0 amide bonds. The van der Waals surface area contributed by atoms with Crippen LogP contribution < -0.4 is 4.90 Å². The zero-order valence-corrected chi connectivity index (χ0v) is 12.9. The van der Waals surface area contributed by atoms with Gasteiger partial charge in [0.1, 0.15) is 0 Å². The Morgan fingerprint density at radius 2 is 1.85 bits per heavy atom. The number of likely N-dealkylation sites (N-methyl/N-ethyl adjacent to an activating group) is 1. The van der Waals surface area contributed by atoms with Gasteiger partial charge in [0.05, 0.1) is 46.2 Å². The van der Waals surface area contributed by atoms with Crippen molar-refractivity contribution in [1.82, 2.24) is 0 Å². The van der Waals surface area contributed by atoms with Gasteiger partial charge in [-0.2, -0.15) is 0 Å². The Labute approximate surface area is 123 Å². The second kappa shape index (κ2) is 6.76. The molecule has 1 fully saturated rings. The van der Waals surface area contributed by atoms with Crippen molar-refractivity contribution in [3.8, 4) is 6.57 Å². The van der Waals surface area contributed by atoms with E-state index >= 15 is 0 Å². The normalized spacial score (nSPS) is 17.8. The summed E-state index contributed by atoms with van der Waals surface area (Å²) in [5.74, 6) is 0. The van der Waals surface area contributed by atoms with Crippen molar-refractivity contribution in [2.24, 2.45) is 0 Å². The van der Waals surface area contributed by atoms with Gasteiger partial charge in [-0.1, -0.05) is 23.9 Å². The second-order valence-electron chi connectivity index (χ2n) is 6.06. The smallest absolute Gasteiger partial charge is 0.268 e. The Hall–Kier alpha value is -1.53. The molecule has 20 heavy (non-hydrogen) atoms. The predicted octanol–water partition coefficient (Wildman–Crippen LogP) is 2.87. The third-order valence-electron chi connectivity index (χ3n) is 4.51. The highest BCUT2D eigenvalue weighted by atomic mass is 15.4. The third kappa shape index (κ3) is 3.74. The molecule has 0 atom stereocenters. The minimum atomic E-state index is 0.788. The van der Waals surface area contributed by atoms with Crippen molar-refractivity contribution in [2.45, 2.75) is 19.8 Å². The molecular formula is C17H27N3+2. The molecule has 3 nitrogen and oxygen atoms in total. The van der Waals surface area contributed by atoms with Crippen LogP contribution in [0.5, 0.6) is 0 Å². The van der Waals surface area contributed by atoms with Crippen LogP contribution in [0.25, 0.3) is 4.85 Å². The fourth-order valence-corrected chi connectivity index (χ4v) is 2.92. The quantitative estimate of drug-likeness (QED) is 0.591. The number of anilines is 1. The van der Waals surface area contributed by atoms with Crippen LogP contribution in [0, 0.1) is 6.57 Å². The standard InChI is InChI=1S/C17H27N3/c1-4-16-6-8-17(9-7-16)19-11-14-20(3,15-12-19)13-5-10-18-2/h2,6-9H,4-5,10-15H2,1,3H3/q+2. The molecule has 1 saturated heterocycles. The monoisotopic (exact) mass is 273 g/mol. The number of aryl methyl sites for hydroxylation is 1. The van der Waals surface area contributed by atoms with Crippen molar-refractivity contribution >= 4 is 5.69 Å². The molecule has 0 aromatic heterocycles. The van der Waals surface area contributed by atoms with Crippen LogP contribution in [0.15, 0.2) is 24.3 Å². The fraction of sp³-hybridized carbons (Fsp3) is 0.588. The highest BCUT2D eigenvalue weighted by molar-refractivity contribution is 5.47. The fourth-order valence-electron chi connectivity index (χ4n) is 2.92. The lowest BCUT2D eigenvalue weighted by Gasteiger charge is -2.42.